The highest BCUT2D eigenvalue weighted by molar-refractivity contribution is 6.16. The lowest BCUT2D eigenvalue weighted by atomic mass is 9.81. The summed E-state index contributed by atoms with van der Waals surface area (Å²) in [6.45, 7) is 1.71. The van der Waals surface area contributed by atoms with Crippen molar-refractivity contribution in [3.05, 3.63) is 106 Å². The first-order valence-corrected chi connectivity index (χ1v) is 13.2. The minimum atomic E-state index is -4.67. The molecule has 1 aliphatic heterocycles. The number of nitrogens with one attached hydrogen (secondary N) is 1. The van der Waals surface area contributed by atoms with Crippen molar-refractivity contribution in [2.45, 2.75) is 50.6 Å². The number of rotatable bonds is 8. The number of carbonyl (C=O) groups excluding carboxylic acids is 3. The molecule has 3 aromatic rings. The van der Waals surface area contributed by atoms with Crippen molar-refractivity contribution in [3.8, 4) is 0 Å². The molecule has 0 aromatic heterocycles. The number of hydrogen-bond donors (Lipinski definition) is 2. The second-order valence-corrected chi connectivity index (χ2v) is 10.3. The molecule has 0 unspecified atom stereocenters. The predicted octanol–water partition coefficient (Wildman–Crippen LogP) is 5.65. The van der Waals surface area contributed by atoms with Gasteiger partial charge in [-0.05, 0) is 42.2 Å². The SMILES string of the molecule is Cc1cccc2c1CC(=O)[C@@H](NC(=O)[C@H](CCC(F)(F)F)[C@@H](C(N)=O)c1ccccc1)N=C2c1cccc(C(F)(F)F)c1. The van der Waals surface area contributed by atoms with Crippen LogP contribution in [0.15, 0.2) is 77.8 Å². The summed E-state index contributed by atoms with van der Waals surface area (Å²) in [5.74, 6) is -5.86. The average molecular weight is 604 g/mol. The number of alkyl halides is 6. The second-order valence-electron chi connectivity index (χ2n) is 10.3. The van der Waals surface area contributed by atoms with Crippen LogP contribution in [0.3, 0.4) is 0 Å². The Morgan fingerprint density at radius 2 is 1.65 bits per heavy atom. The Labute approximate surface area is 243 Å². The van der Waals surface area contributed by atoms with Crippen molar-refractivity contribution in [3.63, 3.8) is 0 Å². The van der Waals surface area contributed by atoms with Gasteiger partial charge in [0.1, 0.15) is 0 Å². The molecule has 0 radical (unpaired) electrons. The van der Waals surface area contributed by atoms with Crippen LogP contribution in [0.4, 0.5) is 26.3 Å². The van der Waals surface area contributed by atoms with Crippen LogP contribution in [-0.4, -0.2) is 35.7 Å². The van der Waals surface area contributed by atoms with Crippen molar-refractivity contribution in [2.75, 3.05) is 0 Å². The molecule has 0 saturated carbocycles. The number of benzene rings is 3. The minimum absolute atomic E-state index is 0.0118. The molecule has 3 N–H and O–H groups in total. The Kier molecular flexibility index (Phi) is 9.07. The Morgan fingerprint density at radius 1 is 0.977 bits per heavy atom. The minimum Gasteiger partial charge on any atom is -0.369 e. The molecule has 43 heavy (non-hydrogen) atoms. The summed E-state index contributed by atoms with van der Waals surface area (Å²) < 4.78 is 80.4. The highest BCUT2D eigenvalue weighted by Gasteiger charge is 2.39. The van der Waals surface area contributed by atoms with Gasteiger partial charge in [0, 0.05) is 24.0 Å². The van der Waals surface area contributed by atoms with E-state index in [-0.39, 0.29) is 23.3 Å². The van der Waals surface area contributed by atoms with Gasteiger partial charge in [-0.15, -0.1) is 0 Å². The van der Waals surface area contributed by atoms with Crippen molar-refractivity contribution in [1.29, 1.82) is 0 Å². The largest absolute Gasteiger partial charge is 0.416 e. The van der Waals surface area contributed by atoms with E-state index in [0.717, 1.165) is 12.1 Å². The normalized spacial score (nSPS) is 16.9. The maximum atomic E-state index is 13.6. The van der Waals surface area contributed by atoms with Crippen LogP contribution < -0.4 is 11.1 Å². The highest BCUT2D eigenvalue weighted by Crippen LogP contribution is 2.34. The quantitative estimate of drug-likeness (QED) is 0.326. The maximum absolute atomic E-state index is 13.6. The molecular weight excluding hydrogens is 576 g/mol. The van der Waals surface area contributed by atoms with E-state index < -0.39 is 66.4 Å². The molecule has 0 spiro atoms. The van der Waals surface area contributed by atoms with Gasteiger partial charge < -0.3 is 11.1 Å². The van der Waals surface area contributed by atoms with E-state index >= 15 is 0 Å². The van der Waals surface area contributed by atoms with Gasteiger partial charge in [-0.1, -0.05) is 60.7 Å². The smallest absolute Gasteiger partial charge is 0.369 e. The number of amides is 2. The molecule has 1 aliphatic rings. The summed E-state index contributed by atoms with van der Waals surface area (Å²) in [7, 11) is 0. The van der Waals surface area contributed by atoms with Crippen LogP contribution in [-0.2, 0) is 27.0 Å². The fourth-order valence-corrected chi connectivity index (χ4v) is 5.15. The van der Waals surface area contributed by atoms with Crippen molar-refractivity contribution in [2.24, 2.45) is 16.6 Å². The Hall–Kier alpha value is -4.48. The zero-order valence-corrected chi connectivity index (χ0v) is 22.8. The molecule has 1 heterocycles. The Bertz CT molecular complexity index is 1550. The van der Waals surface area contributed by atoms with Crippen molar-refractivity contribution in [1.82, 2.24) is 5.32 Å². The number of primary amides is 1. The third-order valence-electron chi connectivity index (χ3n) is 7.27. The molecule has 12 heteroatoms. The number of nitrogens with two attached hydrogens (primary N) is 1. The summed E-state index contributed by atoms with van der Waals surface area (Å²) in [6, 6.07) is 16.8. The first-order chi connectivity index (χ1) is 20.2. The standard InChI is InChI=1S/C31H27F6N3O3/c1-17-7-5-12-21-23(17)16-24(41)28(39-26(21)19-10-6-11-20(15-19)31(35,36)37)40-29(43)22(13-14-30(32,33)34)25(27(38)42)18-8-3-2-4-9-18/h2-12,15,22,25,28H,13-14,16H2,1H3,(H2,38,42)(H,40,43)/t22-,25+,28-/m1/s1. The fraction of sp³-hybridized carbons (Fsp3) is 0.290. The Balaban J connectivity index is 1.78. The summed E-state index contributed by atoms with van der Waals surface area (Å²) in [6.07, 6.45) is -13.5. The topological polar surface area (TPSA) is 102 Å². The number of aliphatic imine (C=N–C) groups is 1. The van der Waals surface area contributed by atoms with Crippen molar-refractivity contribution < 1.29 is 40.7 Å². The van der Waals surface area contributed by atoms with E-state index in [0.29, 0.717) is 16.7 Å². The van der Waals surface area contributed by atoms with Crippen LogP contribution in [0.1, 0.15) is 52.1 Å². The van der Waals surface area contributed by atoms with E-state index in [1.807, 2.05) is 0 Å². The number of aryl methyl sites for hydroxylation is 1. The van der Waals surface area contributed by atoms with Gasteiger partial charge in [0.2, 0.25) is 11.8 Å². The van der Waals surface area contributed by atoms with Gasteiger partial charge in [-0.2, -0.15) is 26.3 Å². The van der Waals surface area contributed by atoms with Gasteiger partial charge in [-0.3, -0.25) is 19.4 Å². The van der Waals surface area contributed by atoms with Crippen LogP contribution in [0, 0.1) is 12.8 Å². The van der Waals surface area contributed by atoms with Crippen LogP contribution >= 0.6 is 0 Å². The third kappa shape index (κ3) is 7.49. The molecule has 6 nitrogen and oxygen atoms in total. The van der Waals surface area contributed by atoms with Crippen LogP contribution in [0.2, 0.25) is 0 Å². The first-order valence-electron chi connectivity index (χ1n) is 13.2. The van der Waals surface area contributed by atoms with Crippen molar-refractivity contribution >= 4 is 23.3 Å². The van der Waals surface area contributed by atoms with Gasteiger partial charge in [0.05, 0.1) is 23.1 Å². The molecule has 0 fully saturated rings. The lowest BCUT2D eigenvalue weighted by Crippen LogP contribution is -2.46. The molecule has 0 aliphatic carbocycles. The summed E-state index contributed by atoms with van der Waals surface area (Å²) in [4.78, 5) is 43.9. The van der Waals surface area contributed by atoms with Gasteiger partial charge >= 0.3 is 12.4 Å². The van der Waals surface area contributed by atoms with E-state index in [1.165, 1.54) is 36.4 Å². The number of fused-ring (bicyclic) bond motifs is 1. The molecule has 2 amide bonds. The monoisotopic (exact) mass is 603 g/mol. The zero-order chi connectivity index (χ0) is 31.5. The molecule has 3 aromatic carbocycles. The van der Waals surface area contributed by atoms with E-state index in [9.17, 15) is 40.7 Å². The average Bonchev–Trinajstić information content (AvgIpc) is 3.07. The summed E-state index contributed by atoms with van der Waals surface area (Å²) >= 11 is 0. The second kappa shape index (κ2) is 12.4. The zero-order valence-electron chi connectivity index (χ0n) is 22.8. The molecule has 3 atom stereocenters. The Morgan fingerprint density at radius 3 is 2.28 bits per heavy atom. The first kappa shape index (κ1) is 31.5. The van der Waals surface area contributed by atoms with Gasteiger partial charge in [-0.25, -0.2) is 0 Å². The summed E-state index contributed by atoms with van der Waals surface area (Å²) in [5.41, 5.74) is 6.32. The predicted molar refractivity (Wildman–Crippen MR) is 146 cm³/mol. The number of ketones is 1. The number of halogens is 6. The third-order valence-corrected chi connectivity index (χ3v) is 7.27. The molecule has 4 rings (SSSR count). The van der Waals surface area contributed by atoms with Gasteiger partial charge in [0.15, 0.2) is 11.9 Å². The number of nitrogens with zero attached hydrogens (tertiary/aromatic N) is 1. The molecule has 0 saturated heterocycles. The highest BCUT2D eigenvalue weighted by atomic mass is 19.4. The number of hydrogen-bond acceptors (Lipinski definition) is 4. The molecular formula is C31H27F6N3O3. The van der Waals surface area contributed by atoms with E-state index in [1.54, 1.807) is 31.2 Å². The fourth-order valence-electron chi connectivity index (χ4n) is 5.15. The number of carbonyl (C=O) groups is 3. The van der Waals surface area contributed by atoms with Crippen LogP contribution in [0.5, 0.6) is 0 Å². The van der Waals surface area contributed by atoms with Gasteiger partial charge in [0.25, 0.3) is 0 Å². The lowest BCUT2D eigenvalue weighted by Gasteiger charge is -2.26. The molecule has 0 bridgehead atoms. The van der Waals surface area contributed by atoms with E-state index in [2.05, 4.69) is 10.3 Å². The maximum Gasteiger partial charge on any atom is 0.416 e. The lowest BCUT2D eigenvalue weighted by molar-refractivity contribution is -0.144. The van der Waals surface area contributed by atoms with E-state index in [4.69, 9.17) is 5.73 Å². The van der Waals surface area contributed by atoms with Crippen LogP contribution in [0.25, 0.3) is 0 Å². The number of Topliss-reactive ketones (excluding diaryl/α,β-unsaturated/α-hetero) is 1. The summed E-state index contributed by atoms with van der Waals surface area (Å²) in [5, 5.41) is 2.38. The molecule has 226 valence electrons.